The lowest BCUT2D eigenvalue weighted by Crippen LogP contribution is -2.49. The molecule has 0 saturated heterocycles. The molecule has 1 saturated carbocycles. The van der Waals surface area contributed by atoms with Gasteiger partial charge < -0.3 is 9.30 Å². The number of thiophene rings is 1. The normalized spacial score (nSPS) is 22.1. The first-order chi connectivity index (χ1) is 10.7. The summed E-state index contributed by atoms with van der Waals surface area (Å²) in [6, 6.07) is 4.16. The van der Waals surface area contributed by atoms with E-state index in [-0.39, 0.29) is 17.3 Å². The molecule has 1 aliphatic heterocycles. The van der Waals surface area contributed by atoms with Gasteiger partial charge in [0.05, 0.1) is 13.0 Å². The second-order valence-electron chi connectivity index (χ2n) is 6.37. The number of nitrogens with zero attached hydrogens (tertiary/aromatic N) is 3. The van der Waals surface area contributed by atoms with Crippen LogP contribution in [0.3, 0.4) is 0 Å². The van der Waals surface area contributed by atoms with Crippen LogP contribution in [0.1, 0.15) is 35.8 Å². The minimum atomic E-state index is -0.0823. The summed E-state index contributed by atoms with van der Waals surface area (Å²) in [7, 11) is 1.49. The first-order valence-electron chi connectivity index (χ1n) is 7.73. The molecule has 5 nitrogen and oxygen atoms in total. The molecule has 0 N–H and O–H groups in total. The highest BCUT2D eigenvalue weighted by molar-refractivity contribution is 7.09. The van der Waals surface area contributed by atoms with Gasteiger partial charge in [-0.05, 0) is 29.7 Å². The standard InChI is InChI=1S/C16H19N3O2S/c1-21-15(20)12-10-19-13(8-11-4-2-7-22-11)17-18-14(19)9-16(12)5-3-6-16/h2,4,7,12H,3,5-6,8-10H2,1H3. The van der Waals surface area contributed by atoms with Crippen LogP contribution in [-0.2, 0) is 28.9 Å². The minimum Gasteiger partial charge on any atom is -0.469 e. The number of methoxy groups -OCH3 is 1. The van der Waals surface area contributed by atoms with E-state index in [2.05, 4.69) is 26.2 Å². The molecule has 0 radical (unpaired) electrons. The fourth-order valence-corrected chi connectivity index (χ4v) is 4.55. The number of rotatable bonds is 3. The lowest BCUT2D eigenvalue weighted by molar-refractivity contribution is -0.156. The Kier molecular flexibility index (Phi) is 3.29. The van der Waals surface area contributed by atoms with Gasteiger partial charge in [-0.1, -0.05) is 12.5 Å². The average molecular weight is 317 g/mol. The Morgan fingerprint density at radius 1 is 1.50 bits per heavy atom. The number of fused-ring (bicyclic) bond motifs is 1. The molecule has 1 aliphatic carbocycles. The van der Waals surface area contributed by atoms with E-state index < -0.39 is 0 Å². The monoisotopic (exact) mass is 317 g/mol. The summed E-state index contributed by atoms with van der Waals surface area (Å²) < 4.78 is 7.21. The summed E-state index contributed by atoms with van der Waals surface area (Å²) in [5.41, 5.74) is 0.0658. The third-order valence-electron chi connectivity index (χ3n) is 5.27. The lowest BCUT2D eigenvalue weighted by Gasteiger charge is -2.49. The van der Waals surface area contributed by atoms with Gasteiger partial charge in [-0.3, -0.25) is 4.79 Å². The maximum absolute atomic E-state index is 12.3. The molecule has 2 aromatic heterocycles. The minimum absolute atomic E-state index is 0.0585. The summed E-state index contributed by atoms with van der Waals surface area (Å²) in [4.78, 5) is 13.5. The van der Waals surface area contributed by atoms with Crippen LogP contribution in [0.25, 0.3) is 0 Å². The number of aromatic nitrogens is 3. The Bertz CT molecular complexity index is 688. The van der Waals surface area contributed by atoms with E-state index in [0.717, 1.165) is 37.3 Å². The number of hydrogen-bond donors (Lipinski definition) is 0. The van der Waals surface area contributed by atoms with Crippen LogP contribution in [-0.4, -0.2) is 27.8 Å². The molecule has 0 bridgehead atoms. The quantitative estimate of drug-likeness (QED) is 0.816. The fraction of sp³-hybridized carbons (Fsp3) is 0.562. The Morgan fingerprint density at radius 3 is 3.00 bits per heavy atom. The predicted molar refractivity (Wildman–Crippen MR) is 82.6 cm³/mol. The van der Waals surface area contributed by atoms with Crippen LogP contribution >= 0.6 is 11.3 Å². The van der Waals surface area contributed by atoms with Crippen molar-refractivity contribution in [3.05, 3.63) is 34.0 Å². The van der Waals surface area contributed by atoms with Gasteiger partial charge in [-0.15, -0.1) is 21.5 Å². The molecule has 116 valence electrons. The van der Waals surface area contributed by atoms with E-state index in [1.165, 1.54) is 18.4 Å². The maximum Gasteiger partial charge on any atom is 0.311 e. The molecule has 0 aromatic carbocycles. The van der Waals surface area contributed by atoms with Gasteiger partial charge in [0.25, 0.3) is 0 Å². The van der Waals surface area contributed by atoms with Crippen LogP contribution < -0.4 is 0 Å². The van der Waals surface area contributed by atoms with Crippen molar-refractivity contribution in [3.8, 4) is 0 Å². The molecule has 6 heteroatoms. The van der Waals surface area contributed by atoms with E-state index in [9.17, 15) is 4.79 Å². The molecule has 22 heavy (non-hydrogen) atoms. The molecule has 1 atom stereocenters. The molecule has 4 rings (SSSR count). The number of esters is 1. The van der Waals surface area contributed by atoms with Crippen molar-refractivity contribution in [1.29, 1.82) is 0 Å². The molecule has 0 amide bonds. The van der Waals surface area contributed by atoms with Crippen LogP contribution in [0.4, 0.5) is 0 Å². The Labute approximate surface area is 133 Å². The van der Waals surface area contributed by atoms with Crippen LogP contribution in [0.5, 0.6) is 0 Å². The number of hydrogen-bond acceptors (Lipinski definition) is 5. The van der Waals surface area contributed by atoms with Crippen molar-refractivity contribution in [2.24, 2.45) is 11.3 Å². The maximum atomic E-state index is 12.3. The Hall–Kier alpha value is -1.69. The first kappa shape index (κ1) is 13.9. The molecular weight excluding hydrogens is 298 g/mol. The predicted octanol–water partition coefficient (Wildman–Crippen LogP) is 2.45. The third kappa shape index (κ3) is 2.08. The van der Waals surface area contributed by atoms with Gasteiger partial charge in [0.15, 0.2) is 0 Å². The van der Waals surface area contributed by atoms with Gasteiger partial charge in [-0.25, -0.2) is 0 Å². The largest absolute Gasteiger partial charge is 0.469 e. The van der Waals surface area contributed by atoms with Crippen molar-refractivity contribution in [3.63, 3.8) is 0 Å². The molecule has 1 fully saturated rings. The zero-order valence-electron chi connectivity index (χ0n) is 12.6. The summed E-state index contributed by atoms with van der Waals surface area (Å²) in [5.74, 6) is 1.85. The zero-order valence-corrected chi connectivity index (χ0v) is 13.4. The van der Waals surface area contributed by atoms with E-state index >= 15 is 0 Å². The summed E-state index contributed by atoms with van der Waals surface area (Å²) >= 11 is 1.73. The SMILES string of the molecule is COC(=O)C1Cn2c(Cc3cccs3)nnc2CC12CCC2. The third-order valence-corrected chi connectivity index (χ3v) is 6.14. The summed E-state index contributed by atoms with van der Waals surface area (Å²) in [6.45, 7) is 0.662. The second-order valence-corrected chi connectivity index (χ2v) is 7.40. The topological polar surface area (TPSA) is 57.0 Å². The Balaban J connectivity index is 1.66. The van der Waals surface area contributed by atoms with E-state index in [1.807, 2.05) is 6.07 Å². The summed E-state index contributed by atoms with van der Waals surface area (Å²) in [5, 5.41) is 10.9. The smallest absolute Gasteiger partial charge is 0.311 e. The van der Waals surface area contributed by atoms with Crippen LogP contribution in [0.2, 0.25) is 0 Å². The average Bonchev–Trinajstić information content (AvgIpc) is 3.14. The van der Waals surface area contributed by atoms with Crippen molar-refractivity contribution in [2.45, 2.75) is 38.6 Å². The van der Waals surface area contributed by atoms with Gasteiger partial charge in [-0.2, -0.15) is 0 Å². The highest BCUT2D eigenvalue weighted by Gasteiger charge is 2.51. The van der Waals surface area contributed by atoms with Crippen LogP contribution in [0.15, 0.2) is 17.5 Å². The van der Waals surface area contributed by atoms with Gasteiger partial charge in [0.1, 0.15) is 11.6 Å². The molecule has 1 unspecified atom stereocenters. The van der Waals surface area contributed by atoms with Crippen molar-refractivity contribution >= 4 is 17.3 Å². The fourth-order valence-electron chi connectivity index (χ4n) is 3.85. The molecule has 1 spiro atoms. The molecule has 3 heterocycles. The van der Waals surface area contributed by atoms with E-state index in [4.69, 9.17) is 4.74 Å². The van der Waals surface area contributed by atoms with Gasteiger partial charge in [0, 0.05) is 24.3 Å². The second kappa shape index (κ2) is 5.19. The van der Waals surface area contributed by atoms with E-state index in [0.29, 0.717) is 6.54 Å². The molecule has 2 aromatic rings. The highest BCUT2D eigenvalue weighted by Crippen LogP contribution is 2.52. The number of carbonyl (C=O) groups is 1. The molecule has 2 aliphatic rings. The zero-order chi connectivity index (χ0) is 15.2. The van der Waals surface area contributed by atoms with Crippen molar-refractivity contribution in [2.75, 3.05) is 7.11 Å². The van der Waals surface area contributed by atoms with Crippen molar-refractivity contribution in [1.82, 2.24) is 14.8 Å². The van der Waals surface area contributed by atoms with Crippen molar-refractivity contribution < 1.29 is 9.53 Å². The number of carbonyl (C=O) groups excluding carboxylic acids is 1. The highest BCUT2D eigenvalue weighted by atomic mass is 32.1. The van der Waals surface area contributed by atoms with Crippen LogP contribution in [0, 0.1) is 11.3 Å². The first-order valence-corrected chi connectivity index (χ1v) is 8.61. The lowest BCUT2D eigenvalue weighted by atomic mass is 9.58. The van der Waals surface area contributed by atoms with E-state index in [1.54, 1.807) is 11.3 Å². The Morgan fingerprint density at radius 2 is 2.36 bits per heavy atom. The molecular formula is C16H19N3O2S. The summed E-state index contributed by atoms with van der Waals surface area (Å²) in [6.07, 6.45) is 5.03. The van der Waals surface area contributed by atoms with Gasteiger partial charge >= 0.3 is 5.97 Å². The number of ether oxygens (including phenoxy) is 1. The van der Waals surface area contributed by atoms with Gasteiger partial charge in [0.2, 0.25) is 0 Å².